The maximum Gasteiger partial charge on any atom is 0.262 e. The van der Waals surface area contributed by atoms with Gasteiger partial charge in [0.05, 0.1) is 42.9 Å². The van der Waals surface area contributed by atoms with Crippen molar-refractivity contribution < 1.29 is 28.7 Å². The standard InChI is InChI=1S/C35H42N8O6/c1-39-20-22(18-37-39)23-14-26(36)30(48-2)17-28(23)41-8-6-21(7-9-41)19-40-10-12-42(13-11-40)29-15-24-25(16-31(29)49-3)35(47)43(34(24)46)27-4-5-32(44)38-33(27)45/h14-18,20-21,27H,4-13,19,36H2,1-3H3,(H,38,44,45). The van der Waals surface area contributed by atoms with E-state index in [1.165, 1.54) is 0 Å². The number of carbonyl (C=O) groups is 4. The molecule has 3 fully saturated rings. The zero-order valence-electron chi connectivity index (χ0n) is 28.1. The Labute approximate surface area is 284 Å². The minimum Gasteiger partial charge on any atom is -0.495 e. The number of hydrogen-bond donors (Lipinski definition) is 2. The van der Waals surface area contributed by atoms with E-state index in [2.05, 4.69) is 25.1 Å². The molecule has 4 aliphatic rings. The first kappa shape index (κ1) is 32.4. The summed E-state index contributed by atoms with van der Waals surface area (Å²) in [4.78, 5) is 59.0. The van der Waals surface area contributed by atoms with Crippen molar-refractivity contribution in [2.75, 3.05) is 75.6 Å². The van der Waals surface area contributed by atoms with Crippen LogP contribution in [0.5, 0.6) is 11.5 Å². The molecular formula is C35H42N8O6. The number of hydrogen-bond acceptors (Lipinski definition) is 11. The molecule has 5 heterocycles. The number of rotatable bonds is 8. The van der Waals surface area contributed by atoms with E-state index in [4.69, 9.17) is 15.2 Å². The van der Waals surface area contributed by atoms with Crippen LogP contribution in [0.3, 0.4) is 0 Å². The normalized spacial score (nSPS) is 20.6. The van der Waals surface area contributed by atoms with Gasteiger partial charge in [-0.05, 0) is 43.4 Å². The second-order valence-electron chi connectivity index (χ2n) is 13.2. The molecule has 4 amide bonds. The summed E-state index contributed by atoms with van der Waals surface area (Å²) in [5, 5.41) is 6.61. The van der Waals surface area contributed by atoms with Crippen LogP contribution in [0, 0.1) is 5.92 Å². The first-order valence-corrected chi connectivity index (χ1v) is 16.8. The van der Waals surface area contributed by atoms with E-state index in [9.17, 15) is 19.2 Å². The minimum atomic E-state index is -1.01. The number of aryl methyl sites for hydroxylation is 1. The zero-order valence-corrected chi connectivity index (χ0v) is 28.1. The van der Waals surface area contributed by atoms with E-state index in [1.807, 2.05) is 31.6 Å². The number of anilines is 3. The van der Waals surface area contributed by atoms with E-state index in [0.717, 1.165) is 86.1 Å². The van der Waals surface area contributed by atoms with Gasteiger partial charge in [0, 0.05) is 88.4 Å². The van der Waals surface area contributed by atoms with Crippen LogP contribution in [0.25, 0.3) is 11.1 Å². The van der Waals surface area contributed by atoms with Crippen LogP contribution in [0.15, 0.2) is 36.7 Å². The molecule has 2 aromatic carbocycles. The molecule has 1 aromatic heterocycles. The van der Waals surface area contributed by atoms with Crippen molar-refractivity contribution in [3.63, 3.8) is 0 Å². The van der Waals surface area contributed by atoms with Gasteiger partial charge in [-0.25, -0.2) is 0 Å². The number of nitrogens with one attached hydrogen (secondary N) is 1. The van der Waals surface area contributed by atoms with Gasteiger partial charge in [0.1, 0.15) is 17.5 Å². The number of ether oxygens (including phenoxy) is 2. The second kappa shape index (κ2) is 13.1. The molecule has 0 bridgehead atoms. The molecule has 1 unspecified atom stereocenters. The average Bonchev–Trinajstić information content (AvgIpc) is 3.64. The summed E-state index contributed by atoms with van der Waals surface area (Å²) in [6, 6.07) is 6.34. The number of nitrogen functional groups attached to an aromatic ring is 1. The molecule has 7 rings (SSSR count). The van der Waals surface area contributed by atoms with Gasteiger partial charge in [-0.3, -0.25) is 39.0 Å². The summed E-state index contributed by atoms with van der Waals surface area (Å²) in [5.74, 6) is -0.342. The first-order valence-electron chi connectivity index (χ1n) is 16.8. The number of fused-ring (bicyclic) bond motifs is 1. The van der Waals surface area contributed by atoms with Gasteiger partial charge in [0.2, 0.25) is 11.8 Å². The van der Waals surface area contributed by atoms with Crippen LogP contribution in [0.2, 0.25) is 0 Å². The van der Waals surface area contributed by atoms with Crippen molar-refractivity contribution in [3.8, 4) is 22.6 Å². The van der Waals surface area contributed by atoms with Gasteiger partial charge in [-0.1, -0.05) is 0 Å². The highest BCUT2D eigenvalue weighted by atomic mass is 16.5. The highest BCUT2D eigenvalue weighted by Gasteiger charge is 2.45. The Kier molecular flexibility index (Phi) is 8.65. The number of nitrogens with zero attached hydrogens (tertiary/aromatic N) is 6. The van der Waals surface area contributed by atoms with Crippen LogP contribution in [0.1, 0.15) is 46.4 Å². The molecule has 49 heavy (non-hydrogen) atoms. The summed E-state index contributed by atoms with van der Waals surface area (Å²) >= 11 is 0. The highest BCUT2D eigenvalue weighted by Crippen LogP contribution is 2.40. The first-order chi connectivity index (χ1) is 23.6. The monoisotopic (exact) mass is 670 g/mol. The van der Waals surface area contributed by atoms with Gasteiger partial charge >= 0.3 is 0 Å². The summed E-state index contributed by atoms with van der Waals surface area (Å²) in [7, 11) is 5.10. The summed E-state index contributed by atoms with van der Waals surface area (Å²) in [6.45, 7) is 6.07. The largest absolute Gasteiger partial charge is 0.495 e. The Balaban J connectivity index is 0.979. The number of nitrogens with two attached hydrogens (primary N) is 1. The van der Waals surface area contributed by atoms with Gasteiger partial charge in [-0.2, -0.15) is 5.10 Å². The topological polar surface area (TPSA) is 156 Å². The molecule has 3 aromatic rings. The summed E-state index contributed by atoms with van der Waals surface area (Å²) in [5.41, 5.74) is 11.3. The molecule has 0 radical (unpaired) electrons. The fourth-order valence-electron chi connectivity index (χ4n) is 7.60. The summed E-state index contributed by atoms with van der Waals surface area (Å²) in [6.07, 6.45) is 6.19. The zero-order chi connectivity index (χ0) is 34.4. The molecule has 3 saturated heterocycles. The number of methoxy groups -OCH3 is 2. The fourth-order valence-corrected chi connectivity index (χ4v) is 7.60. The number of carbonyl (C=O) groups excluding carboxylic acids is 4. The summed E-state index contributed by atoms with van der Waals surface area (Å²) < 4.78 is 13.1. The van der Waals surface area contributed by atoms with Gasteiger partial charge in [-0.15, -0.1) is 0 Å². The molecule has 14 nitrogen and oxygen atoms in total. The highest BCUT2D eigenvalue weighted by molar-refractivity contribution is 6.24. The number of piperazine rings is 1. The SMILES string of the molecule is COc1cc(N2CCC(CN3CCN(c4cc5c(cc4OC)C(=O)N(C4CCC(=O)NC4=O)C5=O)CC3)CC2)c(-c2cnn(C)c2)cc1N. The number of piperidine rings is 2. The van der Waals surface area contributed by atoms with Crippen molar-refractivity contribution in [3.05, 3.63) is 47.8 Å². The van der Waals surface area contributed by atoms with Crippen molar-refractivity contribution in [1.29, 1.82) is 0 Å². The lowest BCUT2D eigenvalue weighted by Gasteiger charge is -2.40. The minimum absolute atomic E-state index is 0.0761. The molecular weight excluding hydrogens is 628 g/mol. The third-order valence-electron chi connectivity index (χ3n) is 10.3. The third kappa shape index (κ3) is 6.05. The fraction of sp³-hybridized carbons (Fsp3) is 0.457. The van der Waals surface area contributed by atoms with Crippen molar-refractivity contribution >= 4 is 40.7 Å². The smallest absolute Gasteiger partial charge is 0.262 e. The number of imide groups is 2. The molecule has 4 aliphatic heterocycles. The molecule has 1 atom stereocenters. The average molecular weight is 671 g/mol. The lowest BCUT2D eigenvalue weighted by Crippen LogP contribution is -2.54. The quantitative estimate of drug-likeness (QED) is 0.268. The second-order valence-corrected chi connectivity index (χ2v) is 13.2. The Bertz CT molecular complexity index is 1810. The molecule has 0 aliphatic carbocycles. The van der Waals surface area contributed by atoms with E-state index >= 15 is 0 Å². The van der Waals surface area contributed by atoms with Crippen LogP contribution in [-0.4, -0.2) is 109 Å². The van der Waals surface area contributed by atoms with Crippen LogP contribution >= 0.6 is 0 Å². The molecule has 3 N–H and O–H groups in total. The van der Waals surface area contributed by atoms with Gasteiger partial charge in [0.25, 0.3) is 11.8 Å². The van der Waals surface area contributed by atoms with E-state index < -0.39 is 29.7 Å². The maximum atomic E-state index is 13.4. The maximum absolute atomic E-state index is 13.4. The Morgan fingerprint density at radius 2 is 1.49 bits per heavy atom. The van der Waals surface area contributed by atoms with Gasteiger partial charge < -0.3 is 25.0 Å². The van der Waals surface area contributed by atoms with E-state index in [-0.39, 0.29) is 24.0 Å². The predicted molar refractivity (Wildman–Crippen MR) is 183 cm³/mol. The Hall–Kier alpha value is -5.11. The molecule has 0 spiro atoms. The van der Waals surface area contributed by atoms with Crippen molar-refractivity contribution in [2.24, 2.45) is 13.0 Å². The molecule has 258 valence electrons. The molecule has 0 saturated carbocycles. The number of amides is 4. The van der Waals surface area contributed by atoms with Crippen molar-refractivity contribution in [2.45, 2.75) is 31.7 Å². The number of aromatic nitrogens is 2. The third-order valence-corrected chi connectivity index (χ3v) is 10.3. The molecule has 14 heteroatoms. The van der Waals surface area contributed by atoms with Crippen molar-refractivity contribution in [1.82, 2.24) is 24.9 Å². The van der Waals surface area contributed by atoms with Crippen LogP contribution in [0.4, 0.5) is 17.1 Å². The number of benzene rings is 2. The lowest BCUT2D eigenvalue weighted by atomic mass is 9.94. The Morgan fingerprint density at radius 1 is 0.816 bits per heavy atom. The Morgan fingerprint density at radius 3 is 2.12 bits per heavy atom. The van der Waals surface area contributed by atoms with E-state index in [1.54, 1.807) is 31.0 Å². The van der Waals surface area contributed by atoms with Crippen LogP contribution in [-0.2, 0) is 16.6 Å². The lowest BCUT2D eigenvalue weighted by molar-refractivity contribution is -0.136. The van der Waals surface area contributed by atoms with E-state index in [0.29, 0.717) is 23.1 Å². The predicted octanol–water partition coefficient (Wildman–Crippen LogP) is 2.13. The van der Waals surface area contributed by atoms with Gasteiger partial charge in [0.15, 0.2) is 0 Å². The van der Waals surface area contributed by atoms with Crippen LogP contribution < -0.4 is 30.3 Å².